The second-order valence-electron chi connectivity index (χ2n) is 9.82. The van der Waals surface area contributed by atoms with Gasteiger partial charge < -0.3 is 15.1 Å². The minimum Gasteiger partial charge on any atom is -0.384 e. The third-order valence-electron chi connectivity index (χ3n) is 6.96. The van der Waals surface area contributed by atoms with Crippen LogP contribution in [0.15, 0.2) is 33.5 Å². The molecule has 0 radical (unpaired) electrons. The number of amides is 2. The number of carbonyl (C=O) groups excluding carboxylic acids is 3. The van der Waals surface area contributed by atoms with Gasteiger partial charge in [-0.2, -0.15) is 4.68 Å². The lowest BCUT2D eigenvalue weighted by Gasteiger charge is -2.32. The molecule has 2 saturated carbocycles. The lowest BCUT2D eigenvalue weighted by molar-refractivity contribution is -0.127. The molecular formula is C26H33FN4O5. The van der Waals surface area contributed by atoms with Crippen molar-refractivity contribution < 1.29 is 23.2 Å². The molecule has 4 rings (SSSR count). The Balaban J connectivity index is 1.45. The van der Waals surface area contributed by atoms with E-state index in [9.17, 15) is 23.6 Å². The zero-order chi connectivity index (χ0) is 25.7. The van der Waals surface area contributed by atoms with Crippen molar-refractivity contribution in [2.45, 2.75) is 83.3 Å². The third-order valence-corrected chi connectivity index (χ3v) is 6.96. The highest BCUT2D eigenvalue weighted by atomic mass is 19.1. The Morgan fingerprint density at radius 2 is 1.92 bits per heavy atom. The number of benzene rings is 1. The van der Waals surface area contributed by atoms with Gasteiger partial charge in [0.15, 0.2) is 0 Å². The Morgan fingerprint density at radius 1 is 1.17 bits per heavy atom. The molecule has 0 spiro atoms. The molecule has 0 aliphatic heterocycles. The monoisotopic (exact) mass is 500 g/mol. The van der Waals surface area contributed by atoms with E-state index in [4.69, 9.17) is 4.42 Å². The molecule has 194 valence electrons. The summed E-state index contributed by atoms with van der Waals surface area (Å²) in [4.78, 5) is 51.3. The van der Waals surface area contributed by atoms with Crippen molar-refractivity contribution in [3.63, 3.8) is 0 Å². The minimum atomic E-state index is -0.894. The molecule has 9 nitrogen and oxygen atoms in total. The van der Waals surface area contributed by atoms with Gasteiger partial charge in [0.1, 0.15) is 5.82 Å². The maximum atomic E-state index is 14.1. The van der Waals surface area contributed by atoms with Gasteiger partial charge in [-0.05, 0) is 50.2 Å². The molecule has 2 fully saturated rings. The van der Waals surface area contributed by atoms with E-state index in [1.54, 1.807) is 6.07 Å². The molecule has 1 aromatic heterocycles. The fraction of sp³-hybridized carbons (Fsp3) is 0.577. The topological polar surface area (TPSA) is 123 Å². The van der Waals surface area contributed by atoms with E-state index >= 15 is 0 Å². The van der Waals surface area contributed by atoms with Crippen LogP contribution >= 0.6 is 0 Å². The molecule has 10 heteroatoms. The van der Waals surface area contributed by atoms with E-state index in [2.05, 4.69) is 15.7 Å². The fourth-order valence-corrected chi connectivity index (χ4v) is 4.68. The summed E-state index contributed by atoms with van der Waals surface area (Å²) in [5.41, 5.74) is -0.0740. The van der Waals surface area contributed by atoms with E-state index in [1.165, 1.54) is 22.9 Å². The number of ketones is 1. The van der Waals surface area contributed by atoms with E-state index in [0.717, 1.165) is 32.1 Å². The Kier molecular flexibility index (Phi) is 8.32. The van der Waals surface area contributed by atoms with Crippen LogP contribution in [0.1, 0.15) is 85.8 Å². The Morgan fingerprint density at radius 3 is 2.64 bits per heavy atom. The van der Waals surface area contributed by atoms with Crippen LogP contribution in [-0.4, -0.2) is 39.5 Å². The summed E-state index contributed by atoms with van der Waals surface area (Å²) >= 11 is 0. The van der Waals surface area contributed by atoms with Crippen molar-refractivity contribution in [1.82, 2.24) is 20.4 Å². The van der Waals surface area contributed by atoms with Crippen LogP contribution in [0.3, 0.4) is 0 Å². The second-order valence-corrected chi connectivity index (χ2v) is 9.82. The summed E-state index contributed by atoms with van der Waals surface area (Å²) in [7, 11) is 0. The number of nitrogens with zero attached hydrogens (tertiary/aromatic N) is 2. The van der Waals surface area contributed by atoms with E-state index in [-0.39, 0.29) is 17.4 Å². The standard InChI is InChI=1S/C26H33FN4O5/c1-2-3-11-21(22(32)25-30-31(26(35)36-25)15-16-13-14-16)29-24(34)18-9-5-7-12-20(18)28-23(33)17-8-4-6-10-19(17)27/h4,6,8,10,16,18,20-21H,2-3,5,7,9,11-15H2,1H3,(H,28,33)(H,29,34)/t18-,20+,21+/m1/s1. The number of nitrogens with one attached hydrogen (secondary N) is 2. The molecule has 2 N–H and O–H groups in total. The highest BCUT2D eigenvalue weighted by Crippen LogP contribution is 2.30. The molecule has 1 heterocycles. The van der Waals surface area contributed by atoms with Crippen LogP contribution < -0.4 is 16.4 Å². The molecule has 2 amide bonds. The Hall–Kier alpha value is -3.30. The molecule has 0 bridgehead atoms. The smallest absolute Gasteiger partial charge is 0.384 e. The van der Waals surface area contributed by atoms with Crippen LogP contribution in [-0.2, 0) is 11.3 Å². The average Bonchev–Trinajstić information content (AvgIpc) is 3.62. The summed E-state index contributed by atoms with van der Waals surface area (Å²) in [6, 6.07) is 4.33. The lowest BCUT2D eigenvalue weighted by Crippen LogP contribution is -2.51. The molecular weight excluding hydrogens is 467 g/mol. The zero-order valence-corrected chi connectivity index (χ0v) is 20.5. The SMILES string of the molecule is CCCC[C@H](NC(=O)[C@@H]1CCCC[C@@H]1NC(=O)c1ccccc1F)C(=O)c1nn(CC2CC2)c(=O)o1. The normalized spacial score (nSPS) is 20.5. The van der Waals surface area contributed by atoms with Gasteiger partial charge in [0.2, 0.25) is 11.7 Å². The summed E-state index contributed by atoms with van der Waals surface area (Å²) in [5.74, 6) is -3.24. The van der Waals surface area contributed by atoms with Gasteiger partial charge in [0.25, 0.3) is 11.8 Å². The quantitative estimate of drug-likeness (QED) is 0.457. The van der Waals surface area contributed by atoms with Crippen LogP contribution in [0.5, 0.6) is 0 Å². The van der Waals surface area contributed by atoms with Gasteiger partial charge in [-0.15, -0.1) is 5.10 Å². The maximum Gasteiger partial charge on any atom is 0.437 e. The van der Waals surface area contributed by atoms with Crippen LogP contribution in [0.25, 0.3) is 0 Å². The number of unbranched alkanes of at least 4 members (excludes halogenated alkanes) is 1. The predicted octanol–water partition coefficient (Wildman–Crippen LogP) is 3.23. The minimum absolute atomic E-state index is 0.0740. The Bertz CT molecular complexity index is 1160. The molecule has 1 aromatic carbocycles. The number of carbonyl (C=O) groups is 3. The zero-order valence-electron chi connectivity index (χ0n) is 20.5. The first-order valence-corrected chi connectivity index (χ1v) is 12.8. The molecule has 2 aliphatic rings. The number of aromatic nitrogens is 2. The van der Waals surface area contributed by atoms with Crippen molar-refractivity contribution in [3.8, 4) is 0 Å². The van der Waals surface area contributed by atoms with E-state index in [0.29, 0.717) is 38.1 Å². The lowest BCUT2D eigenvalue weighted by atomic mass is 9.83. The van der Waals surface area contributed by atoms with Crippen LogP contribution in [0, 0.1) is 17.7 Å². The Labute approximate surface area is 208 Å². The summed E-state index contributed by atoms with van der Waals surface area (Å²) in [6.45, 7) is 2.40. The van der Waals surface area contributed by atoms with Gasteiger partial charge >= 0.3 is 5.76 Å². The molecule has 36 heavy (non-hydrogen) atoms. The molecule has 0 unspecified atom stereocenters. The third kappa shape index (κ3) is 6.27. The van der Waals surface area contributed by atoms with Gasteiger partial charge in [-0.1, -0.05) is 44.7 Å². The highest BCUT2D eigenvalue weighted by molar-refractivity contribution is 5.99. The first-order chi connectivity index (χ1) is 17.4. The second kappa shape index (κ2) is 11.6. The van der Waals surface area contributed by atoms with E-state index < -0.39 is 41.3 Å². The van der Waals surface area contributed by atoms with Crippen molar-refractivity contribution in [2.24, 2.45) is 11.8 Å². The van der Waals surface area contributed by atoms with Crippen LogP contribution in [0.4, 0.5) is 4.39 Å². The maximum absolute atomic E-state index is 14.1. The van der Waals surface area contributed by atoms with E-state index in [1.807, 2.05) is 6.92 Å². The number of hydrogen-bond donors (Lipinski definition) is 2. The molecule has 3 atom stereocenters. The molecule has 2 aromatic rings. The summed E-state index contributed by atoms with van der Waals surface area (Å²) in [6.07, 6.45) is 6.65. The predicted molar refractivity (Wildman–Crippen MR) is 129 cm³/mol. The van der Waals surface area contributed by atoms with Gasteiger partial charge in [0, 0.05) is 6.04 Å². The average molecular weight is 501 g/mol. The van der Waals surface area contributed by atoms with Crippen molar-refractivity contribution in [2.75, 3.05) is 0 Å². The van der Waals surface area contributed by atoms with Crippen molar-refractivity contribution in [3.05, 3.63) is 52.1 Å². The highest BCUT2D eigenvalue weighted by Gasteiger charge is 2.36. The first-order valence-electron chi connectivity index (χ1n) is 12.8. The molecule has 2 aliphatic carbocycles. The summed E-state index contributed by atoms with van der Waals surface area (Å²) < 4.78 is 20.4. The molecule has 0 saturated heterocycles. The number of hydrogen-bond acceptors (Lipinski definition) is 6. The first kappa shape index (κ1) is 25.8. The van der Waals surface area contributed by atoms with Crippen molar-refractivity contribution >= 4 is 17.6 Å². The van der Waals surface area contributed by atoms with Gasteiger partial charge in [-0.25, -0.2) is 9.18 Å². The number of Topliss-reactive ketones (excluding diaryl/α,β-unsaturated/α-hetero) is 1. The van der Waals surface area contributed by atoms with Crippen LogP contribution in [0.2, 0.25) is 0 Å². The largest absolute Gasteiger partial charge is 0.437 e. The number of rotatable bonds is 11. The number of halogens is 1. The van der Waals surface area contributed by atoms with Crippen molar-refractivity contribution in [1.29, 1.82) is 0 Å². The van der Waals surface area contributed by atoms with Gasteiger partial charge in [-0.3, -0.25) is 14.4 Å². The van der Waals surface area contributed by atoms with Gasteiger partial charge in [0.05, 0.1) is 24.1 Å². The fourth-order valence-electron chi connectivity index (χ4n) is 4.68. The summed E-state index contributed by atoms with van der Waals surface area (Å²) in [5, 5.41) is 9.73.